The zero-order valence-corrected chi connectivity index (χ0v) is 13.9. The molecule has 0 amide bonds. The van der Waals surface area contributed by atoms with Gasteiger partial charge in [0.15, 0.2) is 11.5 Å². The molecule has 0 fully saturated rings. The molecule has 1 heterocycles. The van der Waals surface area contributed by atoms with Gasteiger partial charge in [-0.3, -0.25) is 0 Å². The van der Waals surface area contributed by atoms with Crippen molar-refractivity contribution in [2.75, 3.05) is 14.2 Å². The number of aromatic hydroxyl groups is 1. The Hall–Kier alpha value is -3.02. The molecule has 0 unspecified atom stereocenters. The van der Waals surface area contributed by atoms with Gasteiger partial charge in [-0.25, -0.2) is 4.68 Å². The number of phenols is 1. The molecule has 0 aliphatic rings. The molecule has 0 saturated carbocycles. The number of phenolic OH excluding ortho intramolecular Hbond substituents is 1. The maximum atomic E-state index is 10.1. The monoisotopic (exact) mass is 325 g/mol. The van der Waals surface area contributed by atoms with E-state index in [-0.39, 0.29) is 5.75 Å². The molecule has 3 rings (SSSR count). The van der Waals surface area contributed by atoms with Gasteiger partial charge in [0.05, 0.1) is 26.1 Å². The summed E-state index contributed by atoms with van der Waals surface area (Å²) in [6.07, 6.45) is 2.67. The summed E-state index contributed by atoms with van der Waals surface area (Å²) in [7, 11) is 3.05. The second-order valence-corrected chi connectivity index (χ2v) is 5.28. The predicted octanol–water partition coefficient (Wildman–Crippen LogP) is 3.22. The van der Waals surface area contributed by atoms with Crippen molar-refractivity contribution in [1.82, 2.24) is 15.0 Å². The van der Waals surface area contributed by atoms with E-state index >= 15 is 0 Å². The lowest BCUT2D eigenvalue weighted by atomic mass is 10.1. The van der Waals surface area contributed by atoms with E-state index in [9.17, 15) is 5.11 Å². The van der Waals surface area contributed by atoms with Gasteiger partial charge in [0.25, 0.3) is 0 Å². The Labute approximate surface area is 140 Å². The third-order valence-electron chi connectivity index (χ3n) is 3.92. The minimum atomic E-state index is 0.0103. The number of hydrogen-bond donors (Lipinski definition) is 1. The lowest BCUT2D eigenvalue weighted by molar-refractivity contribution is 0.363. The minimum Gasteiger partial charge on any atom is -0.504 e. The second-order valence-electron chi connectivity index (χ2n) is 5.28. The van der Waals surface area contributed by atoms with Gasteiger partial charge in [-0.15, -0.1) is 5.10 Å². The van der Waals surface area contributed by atoms with Crippen LogP contribution in [-0.4, -0.2) is 34.3 Å². The first kappa shape index (κ1) is 15.9. The number of methoxy groups -OCH3 is 2. The SMILES string of the molecule is CCc1ccc(-c2cnnn2-c2cc(O)c(OC)cc2OC)cc1. The third-order valence-corrected chi connectivity index (χ3v) is 3.92. The average molecular weight is 325 g/mol. The Morgan fingerprint density at radius 2 is 1.75 bits per heavy atom. The normalized spacial score (nSPS) is 10.6. The van der Waals surface area contributed by atoms with Gasteiger partial charge in [0.1, 0.15) is 11.4 Å². The first-order valence-corrected chi connectivity index (χ1v) is 7.63. The first-order valence-electron chi connectivity index (χ1n) is 7.63. The smallest absolute Gasteiger partial charge is 0.164 e. The fraction of sp³-hybridized carbons (Fsp3) is 0.222. The molecule has 2 aromatic carbocycles. The van der Waals surface area contributed by atoms with Gasteiger partial charge in [0.2, 0.25) is 0 Å². The summed E-state index contributed by atoms with van der Waals surface area (Å²) in [5, 5.41) is 18.3. The Kier molecular flexibility index (Phi) is 4.37. The number of ether oxygens (including phenoxy) is 2. The first-order chi connectivity index (χ1) is 11.7. The van der Waals surface area contributed by atoms with Crippen molar-refractivity contribution < 1.29 is 14.6 Å². The van der Waals surface area contributed by atoms with Gasteiger partial charge in [-0.1, -0.05) is 36.4 Å². The van der Waals surface area contributed by atoms with E-state index in [1.54, 1.807) is 30.1 Å². The number of aryl methyl sites for hydroxylation is 1. The van der Waals surface area contributed by atoms with Crippen LogP contribution in [-0.2, 0) is 6.42 Å². The van der Waals surface area contributed by atoms with Gasteiger partial charge in [-0.2, -0.15) is 0 Å². The highest BCUT2D eigenvalue weighted by Gasteiger charge is 2.16. The van der Waals surface area contributed by atoms with Crippen LogP contribution < -0.4 is 9.47 Å². The van der Waals surface area contributed by atoms with Crippen LogP contribution in [0.5, 0.6) is 17.2 Å². The molecule has 1 N–H and O–H groups in total. The van der Waals surface area contributed by atoms with Crippen LogP contribution >= 0.6 is 0 Å². The Balaban J connectivity index is 2.11. The van der Waals surface area contributed by atoms with Crippen LogP contribution in [0.2, 0.25) is 0 Å². The lowest BCUT2D eigenvalue weighted by Crippen LogP contribution is -2.03. The van der Waals surface area contributed by atoms with Crippen LogP contribution in [0.3, 0.4) is 0 Å². The highest BCUT2D eigenvalue weighted by molar-refractivity contribution is 5.65. The van der Waals surface area contributed by atoms with Crippen LogP contribution in [0.1, 0.15) is 12.5 Å². The van der Waals surface area contributed by atoms with Gasteiger partial charge < -0.3 is 14.6 Å². The van der Waals surface area contributed by atoms with Crippen molar-refractivity contribution in [2.45, 2.75) is 13.3 Å². The molecule has 0 spiro atoms. The van der Waals surface area contributed by atoms with Gasteiger partial charge in [0, 0.05) is 17.7 Å². The number of nitrogens with zero attached hydrogens (tertiary/aromatic N) is 3. The zero-order chi connectivity index (χ0) is 17.1. The van der Waals surface area contributed by atoms with E-state index in [0.29, 0.717) is 17.2 Å². The zero-order valence-electron chi connectivity index (χ0n) is 13.9. The molecule has 6 heteroatoms. The molecule has 6 nitrogen and oxygen atoms in total. The van der Waals surface area contributed by atoms with Crippen molar-refractivity contribution in [3.05, 3.63) is 48.2 Å². The van der Waals surface area contributed by atoms with E-state index in [4.69, 9.17) is 9.47 Å². The van der Waals surface area contributed by atoms with Crippen molar-refractivity contribution >= 4 is 0 Å². The summed E-state index contributed by atoms with van der Waals surface area (Å²) < 4.78 is 12.2. The fourth-order valence-electron chi connectivity index (χ4n) is 2.55. The number of hydrogen-bond acceptors (Lipinski definition) is 5. The molecule has 0 saturated heterocycles. The van der Waals surface area contributed by atoms with Crippen LogP contribution in [0.4, 0.5) is 0 Å². The molecule has 0 radical (unpaired) electrons. The third kappa shape index (κ3) is 2.78. The fourth-order valence-corrected chi connectivity index (χ4v) is 2.55. The van der Waals surface area contributed by atoms with E-state index in [0.717, 1.165) is 17.7 Å². The highest BCUT2D eigenvalue weighted by Crippen LogP contribution is 2.37. The maximum absolute atomic E-state index is 10.1. The molecule has 0 aliphatic heterocycles. The molecular formula is C18H19N3O3. The maximum Gasteiger partial charge on any atom is 0.164 e. The van der Waals surface area contributed by atoms with E-state index in [2.05, 4.69) is 29.4 Å². The standard InChI is InChI=1S/C18H19N3O3/c1-4-12-5-7-13(8-6-12)15-11-19-20-21(15)14-9-16(22)18(24-3)10-17(14)23-2/h5-11,22H,4H2,1-3H3. The summed E-state index contributed by atoms with van der Waals surface area (Å²) in [5.74, 6) is 0.877. The van der Waals surface area contributed by atoms with Crippen molar-refractivity contribution in [3.8, 4) is 34.2 Å². The molecule has 3 aromatic rings. The quantitative estimate of drug-likeness (QED) is 0.780. The molecule has 124 valence electrons. The predicted molar refractivity (Wildman–Crippen MR) is 90.9 cm³/mol. The van der Waals surface area contributed by atoms with E-state index in [1.807, 2.05) is 12.1 Å². The minimum absolute atomic E-state index is 0.0103. The molecule has 24 heavy (non-hydrogen) atoms. The molecule has 0 atom stereocenters. The number of benzene rings is 2. The molecule has 0 aliphatic carbocycles. The summed E-state index contributed by atoms with van der Waals surface area (Å²) in [6.45, 7) is 2.12. The van der Waals surface area contributed by atoms with Crippen LogP contribution in [0, 0.1) is 0 Å². The van der Waals surface area contributed by atoms with Crippen LogP contribution in [0.15, 0.2) is 42.6 Å². The number of rotatable bonds is 5. The summed E-state index contributed by atoms with van der Waals surface area (Å²) in [6, 6.07) is 11.4. The molecular weight excluding hydrogens is 306 g/mol. The molecule has 0 bridgehead atoms. The van der Waals surface area contributed by atoms with Gasteiger partial charge >= 0.3 is 0 Å². The van der Waals surface area contributed by atoms with Gasteiger partial charge in [-0.05, 0) is 12.0 Å². The summed E-state index contributed by atoms with van der Waals surface area (Å²) in [5.41, 5.74) is 3.63. The van der Waals surface area contributed by atoms with Crippen molar-refractivity contribution in [2.24, 2.45) is 0 Å². The molecule has 1 aromatic heterocycles. The average Bonchev–Trinajstić information content (AvgIpc) is 3.11. The summed E-state index contributed by atoms with van der Waals surface area (Å²) in [4.78, 5) is 0. The topological polar surface area (TPSA) is 69.4 Å². The Morgan fingerprint density at radius 1 is 1.04 bits per heavy atom. The largest absolute Gasteiger partial charge is 0.504 e. The van der Waals surface area contributed by atoms with Crippen LogP contribution in [0.25, 0.3) is 16.9 Å². The van der Waals surface area contributed by atoms with Crippen molar-refractivity contribution in [3.63, 3.8) is 0 Å². The lowest BCUT2D eigenvalue weighted by Gasteiger charge is -2.13. The van der Waals surface area contributed by atoms with E-state index in [1.165, 1.54) is 12.7 Å². The second kappa shape index (κ2) is 6.62. The van der Waals surface area contributed by atoms with E-state index < -0.39 is 0 Å². The Bertz CT molecular complexity index is 841. The Morgan fingerprint density at radius 3 is 2.38 bits per heavy atom. The summed E-state index contributed by atoms with van der Waals surface area (Å²) >= 11 is 0. The van der Waals surface area contributed by atoms with Crippen molar-refractivity contribution in [1.29, 1.82) is 0 Å². The highest BCUT2D eigenvalue weighted by atomic mass is 16.5. The number of aromatic nitrogens is 3.